The molecular weight excluding hydrogens is 250 g/mol. The topological polar surface area (TPSA) is 44.4 Å². The van der Waals surface area contributed by atoms with Crippen LogP contribution in [0.1, 0.15) is 53.4 Å². The number of rotatable bonds is 8. The van der Waals surface area contributed by atoms with Crippen LogP contribution in [0.25, 0.3) is 0 Å². The molecule has 4 nitrogen and oxygen atoms in total. The van der Waals surface area contributed by atoms with Crippen LogP contribution in [0.4, 0.5) is 0 Å². The van der Waals surface area contributed by atoms with E-state index in [-0.39, 0.29) is 11.9 Å². The minimum atomic E-state index is 0.00153. The zero-order valence-electron chi connectivity index (χ0n) is 13.7. The maximum Gasteiger partial charge on any atom is 0.237 e. The highest BCUT2D eigenvalue weighted by atomic mass is 16.2. The molecule has 0 bridgehead atoms. The molecule has 0 spiro atoms. The first-order valence-corrected chi connectivity index (χ1v) is 8.35. The molecule has 1 heterocycles. The van der Waals surface area contributed by atoms with Crippen molar-refractivity contribution < 1.29 is 4.79 Å². The average molecular weight is 283 g/mol. The summed E-state index contributed by atoms with van der Waals surface area (Å²) in [5, 5.41) is 6.61. The molecule has 1 fully saturated rings. The first-order valence-electron chi connectivity index (χ1n) is 8.35. The maximum atomic E-state index is 12.2. The second-order valence-corrected chi connectivity index (χ2v) is 6.10. The number of piperidine rings is 1. The van der Waals surface area contributed by atoms with E-state index in [9.17, 15) is 4.79 Å². The lowest BCUT2D eigenvalue weighted by molar-refractivity contribution is -0.126. The van der Waals surface area contributed by atoms with Crippen molar-refractivity contribution in [3.8, 4) is 0 Å². The Hall–Kier alpha value is -0.610. The van der Waals surface area contributed by atoms with Crippen LogP contribution in [0, 0.1) is 5.92 Å². The van der Waals surface area contributed by atoms with Crippen LogP contribution in [-0.4, -0.2) is 49.1 Å². The quantitative estimate of drug-likeness (QED) is 0.670. The zero-order chi connectivity index (χ0) is 15.0. The van der Waals surface area contributed by atoms with Gasteiger partial charge < -0.3 is 10.6 Å². The zero-order valence-corrected chi connectivity index (χ0v) is 13.7. The van der Waals surface area contributed by atoms with Crippen LogP contribution < -0.4 is 10.6 Å². The molecule has 0 saturated carbocycles. The van der Waals surface area contributed by atoms with Crippen LogP contribution in [0.5, 0.6) is 0 Å². The van der Waals surface area contributed by atoms with E-state index in [4.69, 9.17) is 0 Å². The van der Waals surface area contributed by atoms with Crippen LogP contribution >= 0.6 is 0 Å². The summed E-state index contributed by atoms with van der Waals surface area (Å²) in [7, 11) is 0. The van der Waals surface area contributed by atoms with Gasteiger partial charge >= 0.3 is 0 Å². The molecule has 3 unspecified atom stereocenters. The second kappa shape index (κ2) is 9.35. The van der Waals surface area contributed by atoms with Crippen LogP contribution in [0.2, 0.25) is 0 Å². The van der Waals surface area contributed by atoms with Crippen molar-refractivity contribution in [3.63, 3.8) is 0 Å². The molecule has 1 aliphatic heterocycles. The number of hydrogen-bond acceptors (Lipinski definition) is 3. The van der Waals surface area contributed by atoms with Crippen molar-refractivity contribution in [1.29, 1.82) is 0 Å². The summed E-state index contributed by atoms with van der Waals surface area (Å²) >= 11 is 0. The van der Waals surface area contributed by atoms with Gasteiger partial charge in [-0.15, -0.1) is 0 Å². The monoisotopic (exact) mass is 283 g/mol. The molecule has 1 aliphatic rings. The Balaban J connectivity index is 2.33. The van der Waals surface area contributed by atoms with Crippen molar-refractivity contribution in [2.75, 3.05) is 26.2 Å². The van der Waals surface area contributed by atoms with Gasteiger partial charge in [-0.3, -0.25) is 9.69 Å². The van der Waals surface area contributed by atoms with E-state index in [0.717, 1.165) is 39.0 Å². The largest absolute Gasteiger partial charge is 0.355 e. The second-order valence-electron chi connectivity index (χ2n) is 6.10. The predicted molar refractivity (Wildman–Crippen MR) is 84.8 cm³/mol. The van der Waals surface area contributed by atoms with E-state index >= 15 is 0 Å². The Morgan fingerprint density at radius 3 is 2.70 bits per heavy atom. The first kappa shape index (κ1) is 17.4. The molecule has 0 aromatic rings. The normalized spacial score (nSPS) is 25.4. The van der Waals surface area contributed by atoms with Crippen LogP contribution in [0.15, 0.2) is 0 Å². The molecule has 0 aromatic carbocycles. The Morgan fingerprint density at radius 1 is 1.35 bits per heavy atom. The summed E-state index contributed by atoms with van der Waals surface area (Å²) in [6.07, 6.45) is 4.62. The molecule has 3 atom stereocenters. The standard InChI is InChI=1S/C16H33N3O/c1-5-7-8-10-18-16(20)14(4)19-11-9-15(17-6-2)13(3)12-19/h13-15,17H,5-12H2,1-4H3,(H,18,20). The number of carbonyl (C=O) groups excluding carboxylic acids is 1. The fraction of sp³-hybridized carbons (Fsp3) is 0.938. The number of amides is 1. The lowest BCUT2D eigenvalue weighted by Crippen LogP contribution is -2.54. The molecule has 118 valence electrons. The molecule has 0 aliphatic carbocycles. The number of likely N-dealkylation sites (tertiary alicyclic amines) is 1. The fourth-order valence-corrected chi connectivity index (χ4v) is 3.00. The van der Waals surface area contributed by atoms with E-state index in [1.165, 1.54) is 12.8 Å². The first-order chi connectivity index (χ1) is 9.60. The van der Waals surface area contributed by atoms with E-state index in [0.29, 0.717) is 12.0 Å². The van der Waals surface area contributed by atoms with Gasteiger partial charge in [0, 0.05) is 25.7 Å². The number of unbranched alkanes of at least 4 members (excludes halogenated alkanes) is 2. The van der Waals surface area contributed by atoms with Gasteiger partial charge in [-0.1, -0.05) is 33.6 Å². The molecule has 1 rings (SSSR count). The summed E-state index contributed by atoms with van der Waals surface area (Å²) < 4.78 is 0. The number of carbonyl (C=O) groups is 1. The van der Waals surface area contributed by atoms with Gasteiger partial charge in [0.2, 0.25) is 5.91 Å². The van der Waals surface area contributed by atoms with Gasteiger partial charge in [-0.25, -0.2) is 0 Å². The molecular formula is C16H33N3O. The number of nitrogens with one attached hydrogen (secondary N) is 2. The fourth-order valence-electron chi connectivity index (χ4n) is 3.00. The summed E-state index contributed by atoms with van der Waals surface area (Å²) in [4.78, 5) is 14.5. The van der Waals surface area contributed by atoms with Gasteiger partial charge in [-0.2, -0.15) is 0 Å². The average Bonchev–Trinajstić information content (AvgIpc) is 2.45. The van der Waals surface area contributed by atoms with E-state index < -0.39 is 0 Å². The Labute approximate surface area is 124 Å². The molecule has 2 N–H and O–H groups in total. The minimum absolute atomic E-state index is 0.00153. The lowest BCUT2D eigenvalue weighted by atomic mass is 9.93. The van der Waals surface area contributed by atoms with Gasteiger partial charge in [0.05, 0.1) is 6.04 Å². The highest BCUT2D eigenvalue weighted by molar-refractivity contribution is 5.81. The van der Waals surface area contributed by atoms with Gasteiger partial charge in [-0.05, 0) is 32.2 Å². The molecule has 1 amide bonds. The predicted octanol–water partition coefficient (Wildman–Crippen LogP) is 2.00. The van der Waals surface area contributed by atoms with Crippen LogP contribution in [0.3, 0.4) is 0 Å². The highest BCUT2D eigenvalue weighted by Gasteiger charge is 2.30. The van der Waals surface area contributed by atoms with Crippen LogP contribution in [-0.2, 0) is 4.79 Å². The molecule has 4 heteroatoms. The molecule has 0 radical (unpaired) electrons. The summed E-state index contributed by atoms with van der Waals surface area (Å²) in [6.45, 7) is 12.5. The van der Waals surface area contributed by atoms with Crippen molar-refractivity contribution in [1.82, 2.24) is 15.5 Å². The molecule has 0 aromatic heterocycles. The Kier molecular flexibility index (Phi) is 8.15. The third kappa shape index (κ3) is 5.41. The van der Waals surface area contributed by atoms with Gasteiger partial charge in [0.25, 0.3) is 0 Å². The molecule has 20 heavy (non-hydrogen) atoms. The SMILES string of the molecule is CCCCCNC(=O)C(C)N1CCC(NCC)C(C)C1. The lowest BCUT2D eigenvalue weighted by Gasteiger charge is -2.39. The van der Waals surface area contributed by atoms with E-state index in [1.807, 2.05) is 6.92 Å². The van der Waals surface area contributed by atoms with E-state index in [2.05, 4.69) is 36.3 Å². The van der Waals surface area contributed by atoms with Crippen molar-refractivity contribution >= 4 is 5.91 Å². The highest BCUT2D eigenvalue weighted by Crippen LogP contribution is 2.18. The van der Waals surface area contributed by atoms with Crippen molar-refractivity contribution in [2.45, 2.75) is 65.5 Å². The van der Waals surface area contributed by atoms with Gasteiger partial charge in [0.1, 0.15) is 0 Å². The molecule has 1 saturated heterocycles. The Morgan fingerprint density at radius 2 is 2.10 bits per heavy atom. The summed E-state index contributed by atoms with van der Waals surface area (Å²) in [5.74, 6) is 0.800. The third-order valence-corrected chi connectivity index (χ3v) is 4.41. The van der Waals surface area contributed by atoms with E-state index in [1.54, 1.807) is 0 Å². The minimum Gasteiger partial charge on any atom is -0.355 e. The maximum absolute atomic E-state index is 12.2. The van der Waals surface area contributed by atoms with Crippen molar-refractivity contribution in [3.05, 3.63) is 0 Å². The number of nitrogens with zero attached hydrogens (tertiary/aromatic N) is 1. The Bertz CT molecular complexity index is 283. The van der Waals surface area contributed by atoms with Gasteiger partial charge in [0.15, 0.2) is 0 Å². The summed E-state index contributed by atoms with van der Waals surface area (Å²) in [6, 6.07) is 0.609. The third-order valence-electron chi connectivity index (χ3n) is 4.41. The summed E-state index contributed by atoms with van der Waals surface area (Å²) in [5.41, 5.74) is 0. The number of hydrogen-bond donors (Lipinski definition) is 2. The van der Waals surface area contributed by atoms with Crippen molar-refractivity contribution in [2.24, 2.45) is 5.92 Å². The smallest absolute Gasteiger partial charge is 0.237 e.